The van der Waals surface area contributed by atoms with E-state index in [0.29, 0.717) is 5.56 Å². The maximum absolute atomic E-state index is 12.5. The van der Waals surface area contributed by atoms with Crippen molar-refractivity contribution >= 4 is 58.7 Å². The van der Waals surface area contributed by atoms with Crippen molar-refractivity contribution in [2.75, 3.05) is 6.61 Å². The highest BCUT2D eigenvalue weighted by Gasteiger charge is 2.25. The lowest BCUT2D eigenvalue weighted by Gasteiger charge is -2.12. The third-order valence-electron chi connectivity index (χ3n) is 3.19. The first-order chi connectivity index (χ1) is 12.3. The predicted octanol–water partition coefficient (Wildman–Crippen LogP) is 5.27. The molecule has 0 N–H and O–H groups in total. The minimum atomic E-state index is -1.75. The minimum absolute atomic E-state index is 0.155. The molecule has 26 heavy (non-hydrogen) atoms. The first-order valence-corrected chi connectivity index (χ1v) is 8.76. The molecule has 2 aromatic rings. The molecule has 0 atom stereocenters. The third-order valence-corrected chi connectivity index (χ3v) is 3.52. The number of hydrogen-bond acceptors (Lipinski definition) is 3. The van der Waals surface area contributed by atoms with E-state index in [2.05, 4.69) is 0 Å². The van der Waals surface area contributed by atoms with Gasteiger partial charge in [-0.25, -0.2) is 4.79 Å². The van der Waals surface area contributed by atoms with Gasteiger partial charge in [-0.15, -0.1) is 0 Å². The Labute approximate surface area is 166 Å². The van der Waals surface area contributed by atoms with Crippen LogP contribution >= 0.6 is 34.8 Å². The molecule has 0 saturated heterocycles. The summed E-state index contributed by atoms with van der Waals surface area (Å²) in [5.41, 5.74) is 1.35. The van der Waals surface area contributed by atoms with E-state index in [4.69, 9.17) is 39.5 Å². The molecule has 3 nitrogen and oxygen atoms in total. The molecule has 0 heterocycles. The molecule has 134 valence electrons. The number of esters is 1. The van der Waals surface area contributed by atoms with Crippen molar-refractivity contribution in [2.45, 2.75) is 3.79 Å². The van der Waals surface area contributed by atoms with Crippen molar-refractivity contribution in [3.05, 3.63) is 83.4 Å². The summed E-state index contributed by atoms with van der Waals surface area (Å²) in [5.74, 6) is -1.37. The smallest absolute Gasteiger partial charge is 0.342 e. The molecule has 2 aromatic carbocycles. The van der Waals surface area contributed by atoms with Gasteiger partial charge in [0, 0.05) is 0 Å². The number of ketones is 1. The van der Waals surface area contributed by atoms with Crippen molar-refractivity contribution < 1.29 is 14.3 Å². The van der Waals surface area contributed by atoms with E-state index < -0.39 is 22.2 Å². The van der Waals surface area contributed by atoms with Crippen LogP contribution < -0.4 is 0 Å². The van der Waals surface area contributed by atoms with Crippen LogP contribution in [0.3, 0.4) is 0 Å². The van der Waals surface area contributed by atoms with E-state index in [1.807, 2.05) is 36.4 Å². The summed E-state index contributed by atoms with van der Waals surface area (Å²) in [6, 6.07) is 18.2. The molecule has 2 rings (SSSR count). The molecular weight excluding hydrogens is 395 g/mol. The molecule has 0 spiro atoms. The first kappa shape index (κ1) is 20.2. The van der Waals surface area contributed by atoms with Gasteiger partial charge in [-0.3, -0.25) is 4.79 Å². The lowest BCUT2D eigenvalue weighted by Crippen LogP contribution is -2.21. The van der Waals surface area contributed by atoms with E-state index in [9.17, 15) is 9.59 Å². The zero-order chi connectivity index (χ0) is 19.0. The number of rotatable bonds is 6. The molecule has 0 aliphatic heterocycles. The fourth-order valence-electron chi connectivity index (χ4n) is 2.00. The molecular formula is C20H15Cl3O3. The lowest BCUT2D eigenvalue weighted by molar-refractivity contribution is -0.139. The highest BCUT2D eigenvalue weighted by molar-refractivity contribution is 6.67. The van der Waals surface area contributed by atoms with Crippen LogP contribution in [0.5, 0.6) is 0 Å². The Balaban J connectivity index is 2.25. The van der Waals surface area contributed by atoms with Gasteiger partial charge in [0.05, 0.1) is 0 Å². The number of hydrogen-bond donors (Lipinski definition) is 0. The van der Waals surface area contributed by atoms with E-state index in [1.165, 1.54) is 12.2 Å². The van der Waals surface area contributed by atoms with Gasteiger partial charge in [0.2, 0.25) is 3.79 Å². The van der Waals surface area contributed by atoms with Crippen LogP contribution in [0, 0.1) is 0 Å². The molecule has 0 saturated carbocycles. The largest absolute Gasteiger partial charge is 0.457 e. The Hall–Kier alpha value is -2.07. The fraction of sp³-hybridized carbons (Fsp3) is 0.100. The molecule has 0 bridgehead atoms. The van der Waals surface area contributed by atoms with Crippen molar-refractivity contribution in [3.8, 4) is 0 Å². The Morgan fingerprint density at radius 1 is 0.885 bits per heavy atom. The van der Waals surface area contributed by atoms with Crippen LogP contribution in [0.4, 0.5) is 0 Å². The van der Waals surface area contributed by atoms with E-state index >= 15 is 0 Å². The van der Waals surface area contributed by atoms with Crippen LogP contribution in [0.1, 0.15) is 11.1 Å². The highest BCUT2D eigenvalue weighted by atomic mass is 35.6. The molecule has 0 unspecified atom stereocenters. The van der Waals surface area contributed by atoms with Crippen LogP contribution in [-0.2, 0) is 14.3 Å². The van der Waals surface area contributed by atoms with Crippen molar-refractivity contribution in [1.29, 1.82) is 0 Å². The number of alkyl halides is 3. The number of halogens is 3. The SMILES string of the molecule is O=C(C=Cc1ccccc1)C(=Cc1ccccc1)C(=O)OCC(Cl)(Cl)Cl. The third kappa shape index (κ3) is 7.04. The second-order valence-corrected chi connectivity index (χ2v) is 7.78. The van der Waals surface area contributed by atoms with Crippen LogP contribution in [0.15, 0.2) is 72.3 Å². The minimum Gasteiger partial charge on any atom is -0.457 e. The van der Waals surface area contributed by atoms with Gasteiger partial charge in [-0.2, -0.15) is 0 Å². The summed E-state index contributed by atoms with van der Waals surface area (Å²) in [4.78, 5) is 24.9. The number of carbonyl (C=O) groups is 2. The maximum atomic E-state index is 12.5. The van der Waals surface area contributed by atoms with Crippen LogP contribution in [-0.4, -0.2) is 22.2 Å². The predicted molar refractivity (Wildman–Crippen MR) is 106 cm³/mol. The van der Waals surface area contributed by atoms with E-state index in [0.717, 1.165) is 5.56 Å². The van der Waals surface area contributed by atoms with Crippen molar-refractivity contribution in [1.82, 2.24) is 0 Å². The molecule has 0 fully saturated rings. The first-order valence-electron chi connectivity index (χ1n) is 7.63. The van der Waals surface area contributed by atoms with Gasteiger partial charge >= 0.3 is 5.97 Å². The second-order valence-electron chi connectivity index (χ2n) is 5.27. The topological polar surface area (TPSA) is 43.4 Å². The number of allylic oxidation sites excluding steroid dienone is 1. The molecule has 0 radical (unpaired) electrons. The molecule has 6 heteroatoms. The molecule has 0 amide bonds. The molecule has 0 aromatic heterocycles. The Morgan fingerprint density at radius 3 is 1.96 bits per heavy atom. The van der Waals surface area contributed by atoms with E-state index in [-0.39, 0.29) is 5.57 Å². The van der Waals surface area contributed by atoms with Gasteiger partial charge in [0.15, 0.2) is 5.78 Å². The standard InChI is InChI=1S/C20H15Cl3O3/c21-20(22,23)14-26-19(25)17(13-16-9-5-2-6-10-16)18(24)12-11-15-7-3-1-4-8-15/h1-13H,14H2. The molecule has 0 aliphatic rings. The zero-order valence-electron chi connectivity index (χ0n) is 13.6. The second kappa shape index (κ2) is 9.58. The average molecular weight is 410 g/mol. The van der Waals surface area contributed by atoms with Gasteiger partial charge in [-0.05, 0) is 23.3 Å². The maximum Gasteiger partial charge on any atom is 0.342 e. The summed E-state index contributed by atoms with van der Waals surface area (Å²) in [5, 5.41) is 0. The van der Waals surface area contributed by atoms with Gasteiger partial charge < -0.3 is 4.74 Å². The van der Waals surface area contributed by atoms with Crippen LogP contribution in [0.2, 0.25) is 0 Å². The lowest BCUT2D eigenvalue weighted by atomic mass is 10.1. The van der Waals surface area contributed by atoms with Crippen LogP contribution in [0.25, 0.3) is 12.2 Å². The Morgan fingerprint density at radius 2 is 1.42 bits per heavy atom. The summed E-state index contributed by atoms with van der Waals surface area (Å²) in [6.07, 6.45) is 4.36. The zero-order valence-corrected chi connectivity index (χ0v) is 15.8. The summed E-state index contributed by atoms with van der Waals surface area (Å²) in [6.45, 7) is -0.460. The number of ether oxygens (including phenoxy) is 1. The normalized spacial score (nSPS) is 12.2. The number of benzene rings is 2. The van der Waals surface area contributed by atoms with Gasteiger partial charge in [0.1, 0.15) is 12.2 Å². The summed E-state index contributed by atoms with van der Waals surface area (Å²) in [7, 11) is 0. The van der Waals surface area contributed by atoms with Gasteiger partial charge in [0.25, 0.3) is 0 Å². The van der Waals surface area contributed by atoms with Crippen molar-refractivity contribution in [2.24, 2.45) is 0 Å². The highest BCUT2D eigenvalue weighted by Crippen LogP contribution is 2.26. The Kier molecular flexibility index (Phi) is 7.46. The summed E-state index contributed by atoms with van der Waals surface area (Å²) < 4.78 is 3.20. The number of carbonyl (C=O) groups excluding carboxylic acids is 2. The van der Waals surface area contributed by atoms with E-state index in [1.54, 1.807) is 30.3 Å². The average Bonchev–Trinajstić information content (AvgIpc) is 2.63. The van der Waals surface area contributed by atoms with Crippen molar-refractivity contribution in [3.63, 3.8) is 0 Å². The Bertz CT molecular complexity index is 807. The quantitative estimate of drug-likeness (QED) is 0.215. The van der Waals surface area contributed by atoms with Gasteiger partial charge in [-0.1, -0.05) is 102 Å². The monoisotopic (exact) mass is 408 g/mol. The summed E-state index contributed by atoms with van der Waals surface area (Å²) >= 11 is 16.8. The molecule has 0 aliphatic carbocycles. The fourth-order valence-corrected chi connectivity index (χ4v) is 2.16.